The lowest BCUT2D eigenvalue weighted by atomic mass is 9.93. The van der Waals surface area contributed by atoms with E-state index in [0.717, 1.165) is 26.1 Å². The lowest BCUT2D eigenvalue weighted by Gasteiger charge is -2.26. The van der Waals surface area contributed by atoms with Gasteiger partial charge in [-0.15, -0.1) is 11.6 Å². The van der Waals surface area contributed by atoms with Gasteiger partial charge in [-0.25, -0.2) is 0 Å². The summed E-state index contributed by atoms with van der Waals surface area (Å²) in [4.78, 5) is 0. The first-order chi connectivity index (χ1) is 7.81. The van der Waals surface area contributed by atoms with Gasteiger partial charge in [0.2, 0.25) is 0 Å². The van der Waals surface area contributed by atoms with Crippen molar-refractivity contribution in [2.24, 2.45) is 5.92 Å². The second kappa shape index (κ2) is 5.70. The van der Waals surface area contributed by atoms with Crippen LogP contribution >= 0.6 is 11.6 Å². The molecule has 16 heavy (non-hydrogen) atoms. The van der Waals surface area contributed by atoms with Crippen molar-refractivity contribution in [3.05, 3.63) is 35.4 Å². The van der Waals surface area contributed by atoms with Crippen molar-refractivity contribution in [2.45, 2.75) is 31.6 Å². The van der Waals surface area contributed by atoms with Crippen LogP contribution in [-0.2, 0) is 11.2 Å². The summed E-state index contributed by atoms with van der Waals surface area (Å²) < 4.78 is 5.49. The van der Waals surface area contributed by atoms with E-state index in [1.165, 1.54) is 17.5 Å². The number of hydrogen-bond acceptors (Lipinski definition) is 1. The van der Waals surface area contributed by atoms with E-state index in [1.807, 2.05) is 0 Å². The summed E-state index contributed by atoms with van der Waals surface area (Å²) in [6, 6.07) is 8.67. The van der Waals surface area contributed by atoms with Crippen molar-refractivity contribution >= 4 is 11.6 Å². The fourth-order valence-electron chi connectivity index (χ4n) is 2.21. The number of halogens is 1. The molecule has 1 heterocycles. The molecule has 88 valence electrons. The van der Waals surface area contributed by atoms with Gasteiger partial charge in [0.05, 0.1) is 12.0 Å². The van der Waals surface area contributed by atoms with Crippen LogP contribution in [0.5, 0.6) is 0 Å². The van der Waals surface area contributed by atoms with Gasteiger partial charge in [-0.3, -0.25) is 0 Å². The fraction of sp³-hybridized carbons (Fsp3) is 0.571. The highest BCUT2D eigenvalue weighted by molar-refractivity contribution is 6.21. The van der Waals surface area contributed by atoms with Crippen molar-refractivity contribution in [3.8, 4) is 0 Å². The quantitative estimate of drug-likeness (QED) is 0.725. The van der Waals surface area contributed by atoms with Crippen LogP contribution in [0.3, 0.4) is 0 Å². The Kier molecular flexibility index (Phi) is 4.25. The zero-order valence-corrected chi connectivity index (χ0v) is 10.5. The largest absolute Gasteiger partial charge is 0.381 e. The highest BCUT2D eigenvalue weighted by Gasteiger charge is 2.23. The molecule has 0 N–H and O–H groups in total. The molecule has 1 nitrogen and oxygen atoms in total. The Morgan fingerprint density at radius 2 is 2.12 bits per heavy atom. The summed E-state index contributed by atoms with van der Waals surface area (Å²) in [7, 11) is 0. The van der Waals surface area contributed by atoms with Crippen molar-refractivity contribution in [1.29, 1.82) is 0 Å². The number of rotatable bonds is 3. The van der Waals surface area contributed by atoms with Gasteiger partial charge in [-0.1, -0.05) is 31.2 Å². The van der Waals surface area contributed by atoms with E-state index in [2.05, 4.69) is 31.2 Å². The van der Waals surface area contributed by atoms with Crippen LogP contribution in [0, 0.1) is 5.92 Å². The van der Waals surface area contributed by atoms with Gasteiger partial charge in [0.25, 0.3) is 0 Å². The maximum Gasteiger partial charge on any atom is 0.0635 e. The highest BCUT2D eigenvalue weighted by atomic mass is 35.5. The van der Waals surface area contributed by atoms with Crippen molar-refractivity contribution in [3.63, 3.8) is 0 Å². The van der Waals surface area contributed by atoms with Crippen LogP contribution in [0.1, 0.15) is 36.3 Å². The molecule has 0 aliphatic carbocycles. The zero-order chi connectivity index (χ0) is 11.4. The van der Waals surface area contributed by atoms with Crippen molar-refractivity contribution in [2.75, 3.05) is 13.2 Å². The predicted molar refractivity (Wildman–Crippen MR) is 68.0 cm³/mol. The van der Waals surface area contributed by atoms with Gasteiger partial charge in [-0.05, 0) is 30.4 Å². The smallest absolute Gasteiger partial charge is 0.0635 e. The zero-order valence-electron chi connectivity index (χ0n) is 9.79. The van der Waals surface area contributed by atoms with E-state index in [-0.39, 0.29) is 5.38 Å². The molecule has 1 aromatic carbocycles. The third-order valence-corrected chi connectivity index (χ3v) is 3.92. The monoisotopic (exact) mass is 238 g/mol. The summed E-state index contributed by atoms with van der Waals surface area (Å²) in [5.74, 6) is 0.475. The Morgan fingerprint density at radius 1 is 1.38 bits per heavy atom. The van der Waals surface area contributed by atoms with E-state index in [1.54, 1.807) is 0 Å². The molecule has 1 aliphatic rings. The van der Waals surface area contributed by atoms with Gasteiger partial charge < -0.3 is 4.74 Å². The second-order valence-corrected chi connectivity index (χ2v) is 4.94. The molecule has 2 rings (SSSR count). The van der Waals surface area contributed by atoms with E-state index in [0.29, 0.717) is 5.92 Å². The Hall–Kier alpha value is -0.530. The molecule has 2 heteroatoms. The Labute approximate surface area is 103 Å². The number of benzene rings is 1. The Balaban J connectivity index is 2.04. The van der Waals surface area contributed by atoms with Gasteiger partial charge in [0, 0.05) is 12.5 Å². The molecule has 0 spiro atoms. The molecule has 0 amide bonds. The number of hydrogen-bond donors (Lipinski definition) is 0. The molecule has 1 fully saturated rings. The minimum atomic E-state index is 0.103. The molecule has 2 atom stereocenters. The van der Waals surface area contributed by atoms with Crippen LogP contribution in [-0.4, -0.2) is 13.2 Å². The van der Waals surface area contributed by atoms with Gasteiger partial charge in [0.1, 0.15) is 0 Å². The van der Waals surface area contributed by atoms with Crippen LogP contribution < -0.4 is 0 Å². The first-order valence-corrected chi connectivity index (χ1v) is 6.55. The van der Waals surface area contributed by atoms with Crippen molar-refractivity contribution in [1.82, 2.24) is 0 Å². The predicted octanol–water partition coefficient (Wildman–Crippen LogP) is 3.96. The number of ether oxygens (including phenoxy) is 1. The fourth-order valence-corrected chi connectivity index (χ4v) is 2.55. The van der Waals surface area contributed by atoms with E-state index < -0.39 is 0 Å². The molecular weight excluding hydrogens is 220 g/mol. The Morgan fingerprint density at radius 3 is 2.69 bits per heavy atom. The number of aryl methyl sites for hydroxylation is 1. The standard InChI is InChI=1S/C14H19ClO/c1-2-11-5-7-12(8-6-11)14(15)13-4-3-9-16-10-13/h5-8,13-14H,2-4,9-10H2,1H3. The molecule has 0 radical (unpaired) electrons. The first kappa shape index (κ1) is 11.9. The molecule has 2 unspecified atom stereocenters. The molecule has 1 saturated heterocycles. The van der Waals surface area contributed by atoms with Gasteiger partial charge in [-0.2, -0.15) is 0 Å². The summed E-state index contributed by atoms with van der Waals surface area (Å²) in [6.45, 7) is 3.88. The summed E-state index contributed by atoms with van der Waals surface area (Å²) in [6.07, 6.45) is 3.41. The van der Waals surface area contributed by atoms with Gasteiger partial charge in [0.15, 0.2) is 0 Å². The van der Waals surface area contributed by atoms with Crippen molar-refractivity contribution < 1.29 is 4.74 Å². The average molecular weight is 239 g/mol. The van der Waals surface area contributed by atoms with E-state index in [9.17, 15) is 0 Å². The van der Waals surface area contributed by atoms with E-state index >= 15 is 0 Å². The minimum absolute atomic E-state index is 0.103. The molecule has 1 aliphatic heterocycles. The lowest BCUT2D eigenvalue weighted by Crippen LogP contribution is -2.21. The SMILES string of the molecule is CCc1ccc(C(Cl)C2CCCOC2)cc1. The number of alkyl halides is 1. The topological polar surface area (TPSA) is 9.23 Å². The molecule has 0 saturated carbocycles. The third-order valence-electron chi connectivity index (χ3n) is 3.32. The van der Waals surface area contributed by atoms with E-state index in [4.69, 9.17) is 16.3 Å². The van der Waals surface area contributed by atoms with Crippen LogP contribution in [0.4, 0.5) is 0 Å². The van der Waals surface area contributed by atoms with Crippen LogP contribution in [0.15, 0.2) is 24.3 Å². The Bertz CT molecular complexity index is 314. The summed E-state index contributed by atoms with van der Waals surface area (Å²) in [5, 5.41) is 0.103. The molecule has 0 aromatic heterocycles. The maximum atomic E-state index is 6.50. The molecule has 0 bridgehead atoms. The molecule has 1 aromatic rings. The lowest BCUT2D eigenvalue weighted by molar-refractivity contribution is 0.0531. The average Bonchev–Trinajstić information content (AvgIpc) is 2.39. The van der Waals surface area contributed by atoms with Crippen LogP contribution in [0.2, 0.25) is 0 Å². The summed E-state index contributed by atoms with van der Waals surface area (Å²) >= 11 is 6.50. The first-order valence-electron chi connectivity index (χ1n) is 6.12. The minimum Gasteiger partial charge on any atom is -0.381 e. The third kappa shape index (κ3) is 2.78. The second-order valence-electron chi connectivity index (χ2n) is 4.47. The van der Waals surface area contributed by atoms with Crippen LogP contribution in [0.25, 0.3) is 0 Å². The highest BCUT2D eigenvalue weighted by Crippen LogP contribution is 2.34. The van der Waals surface area contributed by atoms with Gasteiger partial charge >= 0.3 is 0 Å². The normalized spacial score (nSPS) is 23.0. The maximum absolute atomic E-state index is 6.50. The summed E-state index contributed by atoms with van der Waals surface area (Å²) in [5.41, 5.74) is 2.60. The molecular formula is C14H19ClO.